The van der Waals surface area contributed by atoms with Crippen LogP contribution in [-0.4, -0.2) is 60.1 Å². The fourth-order valence-electron chi connectivity index (χ4n) is 1.15. The maximum Gasteiger partial charge on any atom is 0.313 e. The van der Waals surface area contributed by atoms with E-state index < -0.39 is 11.9 Å². The first-order valence-electron chi connectivity index (χ1n) is 9.68. The summed E-state index contributed by atoms with van der Waals surface area (Å²) in [7, 11) is 0. The molecule has 0 aromatic rings. The largest absolute Gasteiger partial charge is 0.466 e. The molecule has 0 bridgehead atoms. The van der Waals surface area contributed by atoms with E-state index in [4.69, 9.17) is 10.2 Å². The van der Waals surface area contributed by atoms with Crippen molar-refractivity contribution in [3.05, 3.63) is 0 Å². The van der Waals surface area contributed by atoms with E-state index >= 15 is 0 Å². The van der Waals surface area contributed by atoms with Crippen molar-refractivity contribution in [2.75, 3.05) is 26.4 Å². The third-order valence-corrected chi connectivity index (χ3v) is 2.42. The predicted molar refractivity (Wildman–Crippen MR) is 108 cm³/mol. The topological polar surface area (TPSA) is 127 Å². The fourth-order valence-corrected chi connectivity index (χ4v) is 1.15. The number of carbonyl (C=O) groups is 4. The van der Waals surface area contributed by atoms with Crippen molar-refractivity contribution in [2.24, 2.45) is 0 Å². The van der Waals surface area contributed by atoms with Gasteiger partial charge in [-0.3, -0.25) is 19.2 Å². The minimum Gasteiger partial charge on any atom is -0.466 e. The molecule has 172 valence electrons. The van der Waals surface area contributed by atoms with Crippen LogP contribution in [0.5, 0.6) is 0 Å². The van der Waals surface area contributed by atoms with Crippen molar-refractivity contribution in [1.29, 1.82) is 0 Å². The summed E-state index contributed by atoms with van der Waals surface area (Å²) in [6.45, 7) is 11.6. The van der Waals surface area contributed by atoms with Gasteiger partial charge in [0.15, 0.2) is 0 Å². The molecular weight excluding hydrogens is 459 g/mol. The molecule has 0 aliphatic carbocycles. The second-order valence-corrected chi connectivity index (χ2v) is 5.52. The van der Waals surface area contributed by atoms with E-state index in [9.17, 15) is 19.2 Å². The Balaban J connectivity index is -0.0000000907. The molecule has 0 atom stereocenters. The summed E-state index contributed by atoms with van der Waals surface area (Å²) in [6, 6.07) is 0. The maximum absolute atomic E-state index is 10.4. The molecule has 0 saturated carbocycles. The standard InChI is InChI=1S/2C6H10O3.2C4H10O.Zr/c2*1-3-9-6(8)4-5(2)7;2*1-2-3-4-5;/h2*3-4H2,1-2H3;2*5H,2-4H2,1H3;. The molecule has 0 unspecified atom stereocenters. The molecule has 8 nitrogen and oxygen atoms in total. The van der Waals surface area contributed by atoms with Crippen molar-refractivity contribution in [2.45, 2.75) is 80.1 Å². The molecule has 9 heteroatoms. The van der Waals surface area contributed by atoms with Gasteiger partial charge in [-0.2, -0.15) is 0 Å². The molecule has 0 heterocycles. The van der Waals surface area contributed by atoms with Crippen molar-refractivity contribution in [3.8, 4) is 0 Å². The number of rotatable bonds is 10. The molecule has 0 aliphatic heterocycles. The Morgan fingerprint density at radius 3 is 1.03 bits per heavy atom. The number of unbranched alkanes of at least 4 members (excludes halogenated alkanes) is 2. The number of carbonyl (C=O) groups excluding carboxylic acids is 4. The van der Waals surface area contributed by atoms with Crippen LogP contribution < -0.4 is 0 Å². The molecule has 0 radical (unpaired) electrons. The third-order valence-electron chi connectivity index (χ3n) is 2.42. The van der Waals surface area contributed by atoms with E-state index in [1.54, 1.807) is 13.8 Å². The van der Waals surface area contributed by atoms with Gasteiger partial charge < -0.3 is 19.7 Å². The number of aliphatic hydroxyl groups is 2. The van der Waals surface area contributed by atoms with Crippen molar-refractivity contribution < 1.29 is 65.1 Å². The van der Waals surface area contributed by atoms with Crippen molar-refractivity contribution in [3.63, 3.8) is 0 Å². The summed E-state index contributed by atoms with van der Waals surface area (Å²) in [6.07, 6.45) is 3.87. The summed E-state index contributed by atoms with van der Waals surface area (Å²) in [5.74, 6) is -1.20. The van der Waals surface area contributed by atoms with Crippen LogP contribution in [0.3, 0.4) is 0 Å². The fraction of sp³-hybridized carbons (Fsp3) is 0.800. The van der Waals surface area contributed by atoms with Gasteiger partial charge in [-0.15, -0.1) is 0 Å². The summed E-state index contributed by atoms with van der Waals surface area (Å²) < 4.78 is 8.99. The minimum absolute atomic E-state index is 0. The first-order valence-corrected chi connectivity index (χ1v) is 9.68. The zero-order valence-electron chi connectivity index (χ0n) is 18.9. The van der Waals surface area contributed by atoms with Gasteiger partial charge in [-0.25, -0.2) is 0 Å². The summed E-state index contributed by atoms with van der Waals surface area (Å²) in [5.41, 5.74) is 0. The van der Waals surface area contributed by atoms with Crippen molar-refractivity contribution >= 4 is 23.5 Å². The monoisotopic (exact) mass is 498 g/mol. The van der Waals surface area contributed by atoms with Gasteiger partial charge in [0, 0.05) is 39.4 Å². The van der Waals surface area contributed by atoms with E-state index in [1.165, 1.54) is 13.8 Å². The minimum atomic E-state index is -0.440. The number of Topliss-reactive ketones (excluding diaryl/α,β-unsaturated/α-hetero) is 2. The van der Waals surface area contributed by atoms with Gasteiger partial charge in [0.25, 0.3) is 0 Å². The van der Waals surface area contributed by atoms with E-state index in [0.29, 0.717) is 26.4 Å². The van der Waals surface area contributed by atoms with Gasteiger partial charge >= 0.3 is 11.9 Å². The van der Waals surface area contributed by atoms with Crippen LogP contribution in [0.2, 0.25) is 0 Å². The number of esters is 2. The molecule has 2 N–H and O–H groups in total. The van der Waals surface area contributed by atoms with E-state index in [-0.39, 0.29) is 50.6 Å². The van der Waals surface area contributed by atoms with Gasteiger partial charge in [-0.1, -0.05) is 26.7 Å². The summed E-state index contributed by atoms with van der Waals surface area (Å²) >= 11 is 0. The molecule has 0 aromatic heterocycles. The third kappa shape index (κ3) is 58.4. The van der Waals surface area contributed by atoms with Crippen LogP contribution in [0.15, 0.2) is 0 Å². The quantitative estimate of drug-likeness (QED) is 0.347. The van der Waals surface area contributed by atoms with Crippen LogP contribution in [0.25, 0.3) is 0 Å². The number of ketones is 2. The van der Waals surface area contributed by atoms with Gasteiger partial charge in [0.05, 0.1) is 13.2 Å². The second-order valence-electron chi connectivity index (χ2n) is 5.52. The maximum atomic E-state index is 10.4. The molecule has 0 spiro atoms. The number of aliphatic hydroxyl groups excluding tert-OH is 2. The second kappa shape index (κ2) is 34.6. The zero-order valence-corrected chi connectivity index (χ0v) is 21.4. The van der Waals surface area contributed by atoms with Crippen LogP contribution >= 0.6 is 0 Å². The molecule has 29 heavy (non-hydrogen) atoms. The van der Waals surface area contributed by atoms with Crippen LogP contribution in [0, 0.1) is 0 Å². The molecule has 0 aliphatic rings. The Morgan fingerprint density at radius 1 is 0.655 bits per heavy atom. The normalized spacial score (nSPS) is 8.28. The van der Waals surface area contributed by atoms with E-state index in [1.807, 2.05) is 0 Å². The molecule has 0 amide bonds. The first-order chi connectivity index (χ1) is 13.2. The summed E-state index contributed by atoms with van der Waals surface area (Å²) in [5, 5.41) is 16.1. The van der Waals surface area contributed by atoms with Crippen LogP contribution in [0.1, 0.15) is 80.1 Å². The molecule has 0 saturated heterocycles. The molecule has 0 rings (SSSR count). The molecular formula is C20H40O8Zr. The Labute approximate surface area is 194 Å². The average Bonchev–Trinajstić information content (AvgIpc) is 2.57. The number of hydrogen-bond donors (Lipinski definition) is 2. The SMILES string of the molecule is CCCCO.CCCCO.CCOC(=O)CC(C)=O.CCOC(=O)CC(C)=O.[Zr]. The number of ether oxygens (including phenoxy) is 2. The average molecular weight is 500 g/mol. The van der Waals surface area contributed by atoms with Crippen molar-refractivity contribution in [1.82, 2.24) is 0 Å². The number of hydrogen-bond acceptors (Lipinski definition) is 8. The van der Waals surface area contributed by atoms with Gasteiger partial charge in [-0.05, 0) is 40.5 Å². The zero-order chi connectivity index (χ0) is 22.8. The Morgan fingerprint density at radius 2 is 0.931 bits per heavy atom. The van der Waals surface area contributed by atoms with Crippen LogP contribution in [-0.2, 0) is 54.9 Å². The Bertz CT molecular complexity index is 347. The van der Waals surface area contributed by atoms with E-state index in [2.05, 4.69) is 23.3 Å². The Kier molecular flexibility index (Phi) is 46.1. The Hall–Kier alpha value is -0.917. The molecule has 0 fully saturated rings. The predicted octanol–water partition coefficient (Wildman–Crippen LogP) is 2.61. The van der Waals surface area contributed by atoms with Crippen LogP contribution in [0.4, 0.5) is 0 Å². The van der Waals surface area contributed by atoms with E-state index in [0.717, 1.165) is 25.7 Å². The smallest absolute Gasteiger partial charge is 0.313 e. The van der Waals surface area contributed by atoms with Gasteiger partial charge in [0.1, 0.15) is 24.4 Å². The summed E-state index contributed by atoms with van der Waals surface area (Å²) in [4.78, 5) is 41.3. The first kappa shape index (κ1) is 38.7. The van der Waals surface area contributed by atoms with Gasteiger partial charge in [0.2, 0.25) is 0 Å². The molecule has 0 aromatic carbocycles.